The number of benzene rings is 1. The summed E-state index contributed by atoms with van der Waals surface area (Å²) in [5.41, 5.74) is 3.41. The lowest BCUT2D eigenvalue weighted by Gasteiger charge is -2.49. The number of rotatable bonds is 1. The fourth-order valence-electron chi connectivity index (χ4n) is 5.68. The highest BCUT2D eigenvalue weighted by Gasteiger charge is 2.46. The summed E-state index contributed by atoms with van der Waals surface area (Å²) in [6.45, 7) is 1.75. The molecule has 5 heteroatoms. The summed E-state index contributed by atoms with van der Waals surface area (Å²) in [5.74, 6) is 0.844. The minimum absolute atomic E-state index is 0.142. The number of aliphatic hydroxyl groups is 1. The molecule has 0 radical (unpaired) electrons. The smallest absolute Gasteiger partial charge is 0.314 e. The van der Waals surface area contributed by atoms with Crippen molar-refractivity contribution in [2.24, 2.45) is 11.8 Å². The summed E-state index contributed by atoms with van der Waals surface area (Å²) < 4.78 is 5.15. The van der Waals surface area contributed by atoms with Gasteiger partial charge in [0, 0.05) is 29.7 Å². The molecular formula is C21H26N2O3. The molecule has 2 aliphatic heterocycles. The maximum atomic E-state index is 12.6. The number of nitrogens with zero attached hydrogens (tertiary/aromatic N) is 1. The van der Waals surface area contributed by atoms with Crippen molar-refractivity contribution in [1.82, 2.24) is 9.88 Å². The molecule has 2 unspecified atom stereocenters. The second-order valence-electron chi connectivity index (χ2n) is 8.27. The van der Waals surface area contributed by atoms with Gasteiger partial charge in [-0.3, -0.25) is 9.69 Å². The van der Waals surface area contributed by atoms with E-state index in [1.54, 1.807) is 0 Å². The number of aromatic nitrogens is 1. The fourth-order valence-corrected chi connectivity index (χ4v) is 5.68. The first-order valence-corrected chi connectivity index (χ1v) is 9.76. The van der Waals surface area contributed by atoms with Crippen LogP contribution in [-0.4, -0.2) is 47.3 Å². The Morgan fingerprint density at radius 1 is 1.19 bits per heavy atom. The molecule has 1 aromatic heterocycles. The van der Waals surface area contributed by atoms with Crippen LogP contribution in [0.3, 0.4) is 0 Å². The van der Waals surface area contributed by atoms with Gasteiger partial charge in [-0.25, -0.2) is 0 Å². The number of hydrogen-bond acceptors (Lipinski definition) is 4. The lowest BCUT2D eigenvalue weighted by atomic mass is 9.69. The number of aromatic amines is 1. The van der Waals surface area contributed by atoms with Gasteiger partial charge in [-0.1, -0.05) is 18.2 Å². The number of para-hydroxylation sites is 1. The highest BCUT2D eigenvalue weighted by Crippen LogP contribution is 2.49. The zero-order valence-electron chi connectivity index (χ0n) is 15.1. The summed E-state index contributed by atoms with van der Waals surface area (Å²) in [4.78, 5) is 18.7. The Morgan fingerprint density at radius 2 is 2.04 bits per heavy atom. The second-order valence-corrected chi connectivity index (χ2v) is 8.27. The molecule has 2 fully saturated rings. The van der Waals surface area contributed by atoms with E-state index < -0.39 is 0 Å². The van der Waals surface area contributed by atoms with E-state index in [0.29, 0.717) is 17.9 Å². The van der Waals surface area contributed by atoms with Gasteiger partial charge in [-0.15, -0.1) is 0 Å². The number of esters is 1. The zero-order valence-corrected chi connectivity index (χ0v) is 15.1. The van der Waals surface area contributed by atoms with Crippen molar-refractivity contribution in [2.75, 3.05) is 20.2 Å². The van der Waals surface area contributed by atoms with Gasteiger partial charge >= 0.3 is 5.97 Å². The third kappa shape index (κ3) is 2.41. The summed E-state index contributed by atoms with van der Waals surface area (Å²) in [7, 11) is 1.48. The Morgan fingerprint density at radius 3 is 2.88 bits per heavy atom. The Labute approximate surface area is 153 Å². The molecule has 1 saturated heterocycles. The molecule has 3 aliphatic rings. The van der Waals surface area contributed by atoms with Crippen molar-refractivity contribution >= 4 is 16.9 Å². The van der Waals surface area contributed by atoms with Crippen LogP contribution in [-0.2, 0) is 9.53 Å². The number of piperidine rings is 1. The topological polar surface area (TPSA) is 65.6 Å². The van der Waals surface area contributed by atoms with Crippen molar-refractivity contribution in [3.63, 3.8) is 0 Å². The van der Waals surface area contributed by atoms with Crippen LogP contribution in [0.4, 0.5) is 0 Å². The number of nitrogens with one attached hydrogen (secondary N) is 1. The van der Waals surface area contributed by atoms with Gasteiger partial charge in [-0.05, 0) is 49.1 Å². The van der Waals surface area contributed by atoms with Crippen molar-refractivity contribution < 1.29 is 14.6 Å². The van der Waals surface area contributed by atoms with Crippen LogP contribution in [0.2, 0.25) is 0 Å². The highest BCUT2D eigenvalue weighted by molar-refractivity contribution is 5.92. The average Bonchev–Trinajstić information content (AvgIpc) is 3.05. The van der Waals surface area contributed by atoms with Crippen molar-refractivity contribution in [2.45, 2.75) is 43.7 Å². The van der Waals surface area contributed by atoms with Crippen molar-refractivity contribution in [3.05, 3.63) is 35.5 Å². The first-order chi connectivity index (χ1) is 12.7. The van der Waals surface area contributed by atoms with Crippen LogP contribution in [0.15, 0.2) is 24.3 Å². The quantitative estimate of drug-likeness (QED) is 0.773. The minimum Gasteiger partial charge on any atom is -0.469 e. The van der Waals surface area contributed by atoms with Gasteiger partial charge < -0.3 is 14.8 Å². The molecule has 138 valence electrons. The van der Waals surface area contributed by atoms with E-state index in [0.717, 1.165) is 55.2 Å². The molecule has 5 rings (SSSR count). The molecule has 5 nitrogen and oxygen atoms in total. The largest absolute Gasteiger partial charge is 0.469 e. The van der Waals surface area contributed by atoms with Gasteiger partial charge in [0.05, 0.1) is 25.2 Å². The van der Waals surface area contributed by atoms with E-state index in [1.165, 1.54) is 12.8 Å². The van der Waals surface area contributed by atoms with Gasteiger partial charge in [-0.2, -0.15) is 0 Å². The Kier molecular flexibility index (Phi) is 3.83. The molecule has 5 atom stereocenters. The van der Waals surface area contributed by atoms with Gasteiger partial charge in [0.25, 0.3) is 0 Å². The monoisotopic (exact) mass is 354 g/mol. The second kappa shape index (κ2) is 6.10. The zero-order chi connectivity index (χ0) is 17.8. The SMILES string of the molecule is COC(=O)C1CN2C[C@@H]3CCC(O)C[C@H]3C[C@H]2c2[nH]c3ccccc3c21. The van der Waals surface area contributed by atoms with Gasteiger partial charge in [0.1, 0.15) is 0 Å². The summed E-state index contributed by atoms with van der Waals surface area (Å²) in [6, 6.07) is 8.56. The van der Waals surface area contributed by atoms with Crippen LogP contribution in [0, 0.1) is 11.8 Å². The van der Waals surface area contributed by atoms with E-state index >= 15 is 0 Å². The summed E-state index contributed by atoms with van der Waals surface area (Å²) in [5, 5.41) is 11.3. The Hall–Kier alpha value is -1.85. The van der Waals surface area contributed by atoms with Crippen LogP contribution in [0.5, 0.6) is 0 Å². The highest BCUT2D eigenvalue weighted by atomic mass is 16.5. The number of aliphatic hydroxyl groups excluding tert-OH is 1. The summed E-state index contributed by atoms with van der Waals surface area (Å²) in [6.07, 6.45) is 3.85. The third-order valence-corrected chi connectivity index (χ3v) is 6.91. The number of methoxy groups -OCH3 is 1. The van der Waals surface area contributed by atoms with E-state index in [4.69, 9.17) is 4.74 Å². The molecule has 1 aromatic carbocycles. The summed E-state index contributed by atoms with van der Waals surface area (Å²) >= 11 is 0. The molecular weight excluding hydrogens is 328 g/mol. The van der Waals surface area contributed by atoms with Crippen LogP contribution in [0.25, 0.3) is 10.9 Å². The number of hydrogen-bond donors (Lipinski definition) is 2. The Bertz CT molecular complexity index is 845. The molecule has 0 spiro atoms. The number of carbonyl (C=O) groups excluding carboxylic acids is 1. The van der Waals surface area contributed by atoms with Crippen molar-refractivity contribution in [1.29, 1.82) is 0 Å². The van der Waals surface area contributed by atoms with Crippen LogP contribution < -0.4 is 0 Å². The average molecular weight is 354 g/mol. The number of carbonyl (C=O) groups is 1. The predicted octanol–water partition coefficient (Wildman–Crippen LogP) is 2.96. The van der Waals surface area contributed by atoms with Gasteiger partial charge in [0.2, 0.25) is 0 Å². The first-order valence-electron chi connectivity index (χ1n) is 9.76. The normalized spacial score (nSPS) is 34.0. The molecule has 1 aliphatic carbocycles. The predicted molar refractivity (Wildman–Crippen MR) is 98.8 cm³/mol. The van der Waals surface area contributed by atoms with E-state index in [-0.39, 0.29) is 18.0 Å². The standard InChI is InChI=1S/C21H26N2O3/c1-26-21(25)16-11-23-10-12-6-7-14(24)8-13(12)9-18(23)20-19(16)15-4-2-3-5-17(15)22-20/h2-5,12-14,16,18,22,24H,6-11H2,1H3/t12-,13-,14?,16?,18-/m0/s1. The maximum Gasteiger partial charge on any atom is 0.314 e. The fraction of sp³-hybridized carbons (Fsp3) is 0.571. The number of ether oxygens (including phenoxy) is 1. The van der Waals surface area contributed by atoms with Crippen LogP contribution >= 0.6 is 0 Å². The molecule has 2 aromatic rings. The first kappa shape index (κ1) is 16.3. The molecule has 1 saturated carbocycles. The third-order valence-electron chi connectivity index (χ3n) is 6.91. The van der Waals surface area contributed by atoms with E-state index in [1.807, 2.05) is 12.1 Å². The van der Waals surface area contributed by atoms with E-state index in [9.17, 15) is 9.90 Å². The molecule has 26 heavy (non-hydrogen) atoms. The molecule has 2 N–H and O–H groups in total. The number of fused-ring (bicyclic) bond motifs is 6. The van der Waals surface area contributed by atoms with E-state index in [2.05, 4.69) is 22.0 Å². The Balaban J connectivity index is 1.59. The van der Waals surface area contributed by atoms with Gasteiger partial charge in [0.15, 0.2) is 0 Å². The lowest BCUT2D eigenvalue weighted by Crippen LogP contribution is -2.50. The lowest BCUT2D eigenvalue weighted by molar-refractivity contribution is -0.144. The van der Waals surface area contributed by atoms with Crippen molar-refractivity contribution in [3.8, 4) is 0 Å². The number of H-pyrrole nitrogens is 1. The molecule has 3 heterocycles. The molecule has 0 amide bonds. The maximum absolute atomic E-state index is 12.6. The minimum atomic E-state index is -0.229. The van der Waals surface area contributed by atoms with Crippen LogP contribution in [0.1, 0.15) is 48.9 Å². The molecule has 0 bridgehead atoms.